The summed E-state index contributed by atoms with van der Waals surface area (Å²) in [6.45, 7) is 3.14. The van der Waals surface area contributed by atoms with E-state index in [0.29, 0.717) is 13.0 Å². The summed E-state index contributed by atoms with van der Waals surface area (Å²) < 4.78 is 4.67. The monoisotopic (exact) mass is 199 g/mol. The molecule has 0 aromatic rings. The Bertz CT molecular complexity index is 205. The van der Waals surface area contributed by atoms with Gasteiger partial charge in [-0.2, -0.15) is 0 Å². The van der Waals surface area contributed by atoms with Gasteiger partial charge in [0.25, 0.3) is 0 Å². The van der Waals surface area contributed by atoms with Crippen LogP contribution in [0.3, 0.4) is 0 Å². The predicted molar refractivity (Wildman–Crippen MR) is 51.6 cm³/mol. The maximum atomic E-state index is 11.4. The molecule has 1 amide bonds. The highest BCUT2D eigenvalue weighted by molar-refractivity contribution is 5.78. The fourth-order valence-corrected chi connectivity index (χ4v) is 1.79. The Kier molecular flexibility index (Phi) is 3.92. The van der Waals surface area contributed by atoms with Crippen LogP contribution in [0.15, 0.2) is 0 Å². The van der Waals surface area contributed by atoms with E-state index in [0.717, 1.165) is 19.4 Å². The predicted octanol–water partition coefficient (Wildman–Crippen LogP) is 0.808. The molecule has 0 N–H and O–H groups in total. The Morgan fingerprint density at radius 2 is 2.21 bits per heavy atom. The van der Waals surface area contributed by atoms with Gasteiger partial charge in [-0.1, -0.05) is 6.92 Å². The van der Waals surface area contributed by atoms with Gasteiger partial charge in [-0.15, -0.1) is 0 Å². The number of likely N-dealkylation sites (tertiary alicyclic amines) is 1. The van der Waals surface area contributed by atoms with Crippen molar-refractivity contribution >= 4 is 11.9 Å². The summed E-state index contributed by atoms with van der Waals surface area (Å²) in [7, 11) is 1.39. The minimum absolute atomic E-state index is 0.121. The van der Waals surface area contributed by atoms with E-state index in [2.05, 4.69) is 4.74 Å². The van der Waals surface area contributed by atoms with E-state index in [1.807, 2.05) is 6.92 Å². The molecule has 1 saturated heterocycles. The zero-order valence-electron chi connectivity index (χ0n) is 8.78. The number of carbonyl (C=O) groups excluding carboxylic acids is 2. The standard InChI is InChI=1S/C10H17NO3/c1-3-9(12)11-6-4-5-8(7-11)10(13)14-2/h8H,3-7H2,1-2H3. The van der Waals surface area contributed by atoms with Crippen LogP contribution in [0.25, 0.3) is 0 Å². The van der Waals surface area contributed by atoms with E-state index in [-0.39, 0.29) is 17.8 Å². The Hall–Kier alpha value is -1.06. The lowest BCUT2D eigenvalue weighted by Gasteiger charge is -2.31. The fraction of sp³-hybridized carbons (Fsp3) is 0.800. The van der Waals surface area contributed by atoms with Crippen molar-refractivity contribution in [1.29, 1.82) is 0 Å². The van der Waals surface area contributed by atoms with E-state index in [1.165, 1.54) is 7.11 Å². The molecule has 1 atom stereocenters. The Labute approximate surface area is 84.2 Å². The molecule has 4 nitrogen and oxygen atoms in total. The van der Waals surface area contributed by atoms with Crippen molar-refractivity contribution < 1.29 is 14.3 Å². The SMILES string of the molecule is CCC(=O)N1CCCC(C(=O)OC)C1. The summed E-state index contributed by atoms with van der Waals surface area (Å²) in [4.78, 5) is 24.4. The average molecular weight is 199 g/mol. The summed E-state index contributed by atoms with van der Waals surface area (Å²) in [5, 5.41) is 0. The normalized spacial score (nSPS) is 21.9. The molecule has 1 heterocycles. The first-order valence-electron chi connectivity index (χ1n) is 5.04. The second-order valence-corrected chi connectivity index (χ2v) is 3.56. The van der Waals surface area contributed by atoms with Crippen molar-refractivity contribution in [3.8, 4) is 0 Å². The zero-order valence-corrected chi connectivity index (χ0v) is 8.78. The third-order valence-electron chi connectivity index (χ3n) is 2.61. The summed E-state index contributed by atoms with van der Waals surface area (Å²) >= 11 is 0. The lowest BCUT2D eigenvalue weighted by atomic mass is 9.98. The first kappa shape index (κ1) is 11.0. The van der Waals surface area contributed by atoms with E-state index < -0.39 is 0 Å². The van der Waals surface area contributed by atoms with Crippen molar-refractivity contribution in [2.24, 2.45) is 5.92 Å². The summed E-state index contributed by atoms with van der Waals surface area (Å²) in [5.74, 6) is -0.193. The van der Waals surface area contributed by atoms with Gasteiger partial charge in [-0.25, -0.2) is 0 Å². The van der Waals surface area contributed by atoms with Crippen LogP contribution in [-0.4, -0.2) is 37.0 Å². The zero-order chi connectivity index (χ0) is 10.6. The van der Waals surface area contributed by atoms with Gasteiger partial charge in [0.2, 0.25) is 5.91 Å². The molecule has 0 aromatic carbocycles. The second-order valence-electron chi connectivity index (χ2n) is 3.56. The Morgan fingerprint density at radius 3 is 2.79 bits per heavy atom. The number of amides is 1. The van der Waals surface area contributed by atoms with E-state index in [1.54, 1.807) is 4.90 Å². The minimum atomic E-state index is -0.196. The fourth-order valence-electron chi connectivity index (χ4n) is 1.79. The summed E-state index contributed by atoms with van der Waals surface area (Å²) in [6, 6.07) is 0. The van der Waals surface area contributed by atoms with Gasteiger partial charge in [-0.05, 0) is 12.8 Å². The van der Waals surface area contributed by atoms with Crippen LogP contribution >= 0.6 is 0 Å². The van der Waals surface area contributed by atoms with Gasteiger partial charge >= 0.3 is 5.97 Å². The van der Waals surface area contributed by atoms with Crippen LogP contribution in [0, 0.1) is 5.92 Å². The molecule has 0 radical (unpaired) electrons. The van der Waals surface area contributed by atoms with E-state index in [9.17, 15) is 9.59 Å². The van der Waals surface area contributed by atoms with Gasteiger partial charge in [0.15, 0.2) is 0 Å². The van der Waals surface area contributed by atoms with Gasteiger partial charge in [0, 0.05) is 19.5 Å². The molecule has 0 saturated carbocycles. The van der Waals surface area contributed by atoms with E-state index >= 15 is 0 Å². The molecule has 80 valence electrons. The Morgan fingerprint density at radius 1 is 1.50 bits per heavy atom. The van der Waals surface area contributed by atoms with Gasteiger partial charge in [-0.3, -0.25) is 9.59 Å². The van der Waals surface area contributed by atoms with Crippen molar-refractivity contribution in [1.82, 2.24) is 4.90 Å². The number of ether oxygens (including phenoxy) is 1. The number of hydrogen-bond acceptors (Lipinski definition) is 3. The molecule has 4 heteroatoms. The molecule has 1 unspecified atom stereocenters. The molecular weight excluding hydrogens is 182 g/mol. The molecule has 14 heavy (non-hydrogen) atoms. The number of methoxy groups -OCH3 is 1. The van der Waals surface area contributed by atoms with Gasteiger partial charge in [0.1, 0.15) is 0 Å². The second kappa shape index (κ2) is 4.98. The van der Waals surface area contributed by atoms with Crippen molar-refractivity contribution in [2.45, 2.75) is 26.2 Å². The lowest BCUT2D eigenvalue weighted by molar-refractivity contribution is -0.148. The molecule has 0 bridgehead atoms. The molecular formula is C10H17NO3. The topological polar surface area (TPSA) is 46.6 Å². The van der Waals surface area contributed by atoms with E-state index in [4.69, 9.17) is 0 Å². The van der Waals surface area contributed by atoms with Gasteiger partial charge < -0.3 is 9.64 Å². The van der Waals surface area contributed by atoms with Gasteiger partial charge in [0.05, 0.1) is 13.0 Å². The molecule has 0 spiro atoms. The highest BCUT2D eigenvalue weighted by Crippen LogP contribution is 2.18. The number of esters is 1. The van der Waals surface area contributed by atoms with Crippen molar-refractivity contribution in [2.75, 3.05) is 20.2 Å². The minimum Gasteiger partial charge on any atom is -0.469 e. The van der Waals surface area contributed by atoms with Crippen molar-refractivity contribution in [3.05, 3.63) is 0 Å². The van der Waals surface area contributed by atoms with Crippen LogP contribution in [-0.2, 0) is 14.3 Å². The number of piperidine rings is 1. The maximum Gasteiger partial charge on any atom is 0.310 e. The van der Waals surface area contributed by atoms with Crippen molar-refractivity contribution in [3.63, 3.8) is 0 Å². The molecule has 1 aliphatic heterocycles. The maximum absolute atomic E-state index is 11.4. The van der Waals surface area contributed by atoms with Crippen LogP contribution in [0.5, 0.6) is 0 Å². The third-order valence-corrected chi connectivity index (χ3v) is 2.61. The quantitative estimate of drug-likeness (QED) is 0.618. The molecule has 1 rings (SSSR count). The number of rotatable bonds is 2. The number of carbonyl (C=O) groups is 2. The molecule has 0 aliphatic carbocycles. The first-order valence-corrected chi connectivity index (χ1v) is 5.04. The van der Waals surface area contributed by atoms with Crippen LogP contribution < -0.4 is 0 Å². The van der Waals surface area contributed by atoms with Crippen LogP contribution in [0.2, 0.25) is 0 Å². The summed E-state index contributed by atoms with van der Waals surface area (Å²) in [5.41, 5.74) is 0. The lowest BCUT2D eigenvalue weighted by Crippen LogP contribution is -2.42. The smallest absolute Gasteiger partial charge is 0.310 e. The first-order chi connectivity index (χ1) is 6.69. The summed E-state index contributed by atoms with van der Waals surface area (Å²) in [6.07, 6.45) is 2.24. The largest absolute Gasteiger partial charge is 0.469 e. The molecule has 1 aliphatic rings. The van der Waals surface area contributed by atoms with Crippen LogP contribution in [0.1, 0.15) is 26.2 Å². The highest BCUT2D eigenvalue weighted by Gasteiger charge is 2.28. The number of nitrogens with zero attached hydrogens (tertiary/aromatic N) is 1. The number of hydrogen-bond donors (Lipinski definition) is 0. The third kappa shape index (κ3) is 2.47. The molecule has 0 aromatic heterocycles. The highest BCUT2D eigenvalue weighted by atomic mass is 16.5. The average Bonchev–Trinajstić information content (AvgIpc) is 2.27. The molecule has 1 fully saturated rings. The Balaban J connectivity index is 2.51. The van der Waals surface area contributed by atoms with Crippen LogP contribution in [0.4, 0.5) is 0 Å².